The second kappa shape index (κ2) is 10.8. The summed E-state index contributed by atoms with van der Waals surface area (Å²) in [5, 5.41) is 0. The van der Waals surface area contributed by atoms with Crippen molar-refractivity contribution in [1.82, 2.24) is 4.31 Å². The van der Waals surface area contributed by atoms with E-state index in [-0.39, 0.29) is 22.8 Å². The average Bonchev–Trinajstić information content (AvgIpc) is 2.73. The molecule has 0 fully saturated rings. The van der Waals surface area contributed by atoms with Gasteiger partial charge in [0.05, 0.1) is 12.0 Å². The lowest BCUT2D eigenvalue weighted by atomic mass is 9.95. The topological polar surface area (TPSA) is 72.6 Å². The zero-order valence-corrected chi connectivity index (χ0v) is 18.7. The molecule has 0 aliphatic carbocycles. The van der Waals surface area contributed by atoms with Crippen LogP contribution in [0.25, 0.3) is 0 Å². The highest BCUT2D eigenvalue weighted by molar-refractivity contribution is 7.89. The fraction of sp³-hybridized carbons (Fsp3) is 0.478. The zero-order chi connectivity index (χ0) is 21.4. The van der Waals surface area contributed by atoms with Crippen molar-refractivity contribution in [3.8, 4) is 5.75 Å². The van der Waals surface area contributed by atoms with Crippen LogP contribution in [0, 0.1) is 11.8 Å². The van der Waals surface area contributed by atoms with E-state index in [2.05, 4.69) is 26.0 Å². The Balaban J connectivity index is 2.22. The summed E-state index contributed by atoms with van der Waals surface area (Å²) in [5.74, 6) is 0.802. The first-order valence-corrected chi connectivity index (χ1v) is 11.7. The molecular formula is C23H34N2O3S. The molecule has 0 unspecified atom stereocenters. The molecular weight excluding hydrogens is 384 g/mol. The molecule has 2 aromatic carbocycles. The van der Waals surface area contributed by atoms with Crippen LogP contribution in [0.2, 0.25) is 0 Å². The lowest BCUT2D eigenvalue weighted by Gasteiger charge is -2.30. The molecule has 2 aromatic rings. The predicted molar refractivity (Wildman–Crippen MR) is 118 cm³/mol. The third kappa shape index (κ3) is 6.56. The van der Waals surface area contributed by atoms with Crippen LogP contribution in [0.4, 0.5) is 0 Å². The number of methoxy groups -OCH3 is 1. The Morgan fingerprint density at radius 2 is 1.72 bits per heavy atom. The second-order valence-corrected chi connectivity index (χ2v) is 9.78. The van der Waals surface area contributed by atoms with Crippen molar-refractivity contribution in [3.63, 3.8) is 0 Å². The molecule has 0 saturated carbocycles. The van der Waals surface area contributed by atoms with Gasteiger partial charge in [0.25, 0.3) is 0 Å². The second-order valence-electron chi connectivity index (χ2n) is 7.85. The van der Waals surface area contributed by atoms with Gasteiger partial charge in [0.2, 0.25) is 10.0 Å². The summed E-state index contributed by atoms with van der Waals surface area (Å²) >= 11 is 0. The van der Waals surface area contributed by atoms with Crippen LogP contribution in [-0.4, -0.2) is 39.0 Å². The van der Waals surface area contributed by atoms with Gasteiger partial charge in [-0.25, -0.2) is 8.42 Å². The molecule has 6 heteroatoms. The SMILES string of the molecule is CC[C@@H](C)CN(C[C@@H](C)[C@@H](N)Cc1ccccc1)S(=O)(=O)c1cccc(OC)c1. The van der Waals surface area contributed by atoms with Gasteiger partial charge in [0.1, 0.15) is 5.75 Å². The summed E-state index contributed by atoms with van der Waals surface area (Å²) in [6.07, 6.45) is 1.63. The van der Waals surface area contributed by atoms with Gasteiger partial charge in [-0.05, 0) is 36.0 Å². The first-order valence-electron chi connectivity index (χ1n) is 10.2. The van der Waals surface area contributed by atoms with Crippen molar-refractivity contribution in [2.75, 3.05) is 20.2 Å². The van der Waals surface area contributed by atoms with Gasteiger partial charge in [-0.3, -0.25) is 0 Å². The van der Waals surface area contributed by atoms with Crippen LogP contribution in [0.3, 0.4) is 0 Å². The van der Waals surface area contributed by atoms with Gasteiger partial charge in [-0.2, -0.15) is 4.31 Å². The van der Waals surface area contributed by atoms with Gasteiger partial charge in [-0.15, -0.1) is 0 Å². The summed E-state index contributed by atoms with van der Waals surface area (Å²) in [7, 11) is -2.11. The molecule has 0 spiro atoms. The summed E-state index contributed by atoms with van der Waals surface area (Å²) in [6.45, 7) is 7.03. The maximum absolute atomic E-state index is 13.4. The number of hydrogen-bond donors (Lipinski definition) is 1. The quantitative estimate of drug-likeness (QED) is 0.600. The summed E-state index contributed by atoms with van der Waals surface area (Å²) in [6, 6.07) is 16.6. The van der Waals surface area contributed by atoms with E-state index in [4.69, 9.17) is 10.5 Å². The molecule has 0 radical (unpaired) electrons. The van der Waals surface area contributed by atoms with Crippen molar-refractivity contribution in [2.24, 2.45) is 17.6 Å². The van der Waals surface area contributed by atoms with Crippen molar-refractivity contribution in [2.45, 2.75) is 44.6 Å². The van der Waals surface area contributed by atoms with Gasteiger partial charge in [0, 0.05) is 25.2 Å². The largest absolute Gasteiger partial charge is 0.497 e. The highest BCUT2D eigenvalue weighted by Crippen LogP contribution is 2.24. The van der Waals surface area contributed by atoms with E-state index >= 15 is 0 Å². The van der Waals surface area contributed by atoms with E-state index in [1.165, 1.54) is 7.11 Å². The number of sulfonamides is 1. The van der Waals surface area contributed by atoms with Crippen LogP contribution in [-0.2, 0) is 16.4 Å². The van der Waals surface area contributed by atoms with E-state index < -0.39 is 10.0 Å². The lowest BCUT2D eigenvalue weighted by molar-refractivity contribution is 0.289. The third-order valence-corrected chi connectivity index (χ3v) is 7.26. The van der Waals surface area contributed by atoms with Gasteiger partial charge >= 0.3 is 0 Å². The zero-order valence-electron chi connectivity index (χ0n) is 17.9. The molecule has 3 atom stereocenters. The molecule has 29 heavy (non-hydrogen) atoms. The minimum absolute atomic E-state index is 0.0136. The minimum atomic E-state index is -3.64. The van der Waals surface area contributed by atoms with Crippen LogP contribution >= 0.6 is 0 Å². The molecule has 5 nitrogen and oxygen atoms in total. The average molecular weight is 419 g/mol. The van der Waals surface area contributed by atoms with Crippen molar-refractivity contribution in [3.05, 3.63) is 60.2 Å². The standard InChI is InChI=1S/C23H34N2O3S/c1-5-18(2)16-25(29(26,27)22-13-9-12-21(15-22)28-4)17-19(3)23(24)14-20-10-7-6-8-11-20/h6-13,15,18-19,23H,5,14,16-17,24H2,1-4H3/t18-,19-,23+/m1/s1. The first-order chi connectivity index (χ1) is 13.8. The molecule has 0 bridgehead atoms. The molecule has 0 saturated heterocycles. The highest BCUT2D eigenvalue weighted by Gasteiger charge is 2.29. The fourth-order valence-corrected chi connectivity index (χ4v) is 4.90. The van der Waals surface area contributed by atoms with Gasteiger partial charge in [-0.1, -0.05) is 63.6 Å². The van der Waals surface area contributed by atoms with Crippen molar-refractivity contribution >= 4 is 10.0 Å². The minimum Gasteiger partial charge on any atom is -0.497 e. The fourth-order valence-electron chi connectivity index (χ4n) is 3.20. The third-order valence-electron chi connectivity index (χ3n) is 5.43. The Morgan fingerprint density at radius 1 is 1.03 bits per heavy atom. The van der Waals surface area contributed by atoms with E-state index in [0.29, 0.717) is 18.8 Å². The monoisotopic (exact) mass is 418 g/mol. The Kier molecular flexibility index (Phi) is 8.68. The van der Waals surface area contributed by atoms with E-state index in [0.717, 1.165) is 18.4 Å². The highest BCUT2D eigenvalue weighted by atomic mass is 32.2. The normalized spacial score (nSPS) is 15.1. The Hall–Kier alpha value is -1.89. The summed E-state index contributed by atoms with van der Waals surface area (Å²) in [4.78, 5) is 0.254. The van der Waals surface area contributed by atoms with Crippen molar-refractivity contribution < 1.29 is 13.2 Å². The van der Waals surface area contributed by atoms with E-state index in [1.54, 1.807) is 28.6 Å². The lowest BCUT2D eigenvalue weighted by Crippen LogP contribution is -2.43. The van der Waals surface area contributed by atoms with Crippen LogP contribution < -0.4 is 10.5 Å². The van der Waals surface area contributed by atoms with E-state index in [1.807, 2.05) is 25.1 Å². The molecule has 0 heterocycles. The number of rotatable bonds is 11. The van der Waals surface area contributed by atoms with Crippen LogP contribution in [0.5, 0.6) is 5.75 Å². The Labute approximate surface area is 175 Å². The molecule has 2 rings (SSSR count). The smallest absolute Gasteiger partial charge is 0.243 e. The number of nitrogens with zero attached hydrogens (tertiary/aromatic N) is 1. The summed E-state index contributed by atoms with van der Waals surface area (Å²) < 4.78 is 33.6. The molecule has 0 aromatic heterocycles. The Bertz CT molecular complexity index is 855. The Morgan fingerprint density at radius 3 is 2.34 bits per heavy atom. The number of nitrogens with two attached hydrogens (primary N) is 1. The number of ether oxygens (including phenoxy) is 1. The van der Waals surface area contributed by atoms with Gasteiger partial charge in [0.15, 0.2) is 0 Å². The maximum Gasteiger partial charge on any atom is 0.243 e. The predicted octanol–water partition coefficient (Wildman–Crippen LogP) is 3.94. The first kappa shape index (κ1) is 23.4. The van der Waals surface area contributed by atoms with Crippen molar-refractivity contribution in [1.29, 1.82) is 0 Å². The number of benzene rings is 2. The molecule has 0 amide bonds. The molecule has 160 valence electrons. The summed E-state index contributed by atoms with van der Waals surface area (Å²) in [5.41, 5.74) is 7.61. The van der Waals surface area contributed by atoms with Crippen LogP contribution in [0.15, 0.2) is 59.5 Å². The van der Waals surface area contributed by atoms with Crippen LogP contribution in [0.1, 0.15) is 32.8 Å². The molecule has 0 aliphatic rings. The van der Waals surface area contributed by atoms with E-state index in [9.17, 15) is 8.42 Å². The number of hydrogen-bond acceptors (Lipinski definition) is 4. The van der Waals surface area contributed by atoms with Gasteiger partial charge < -0.3 is 10.5 Å². The molecule has 2 N–H and O–H groups in total. The maximum atomic E-state index is 13.4. The molecule has 0 aliphatic heterocycles.